The van der Waals surface area contributed by atoms with Crippen molar-refractivity contribution in [1.29, 1.82) is 0 Å². The van der Waals surface area contributed by atoms with Crippen molar-refractivity contribution in [3.05, 3.63) is 36.2 Å². The summed E-state index contributed by atoms with van der Waals surface area (Å²) in [6.45, 7) is 0.397. The molecule has 2 heterocycles. The van der Waals surface area contributed by atoms with Gasteiger partial charge in [0.05, 0.1) is 24.8 Å². The first-order valence-electron chi connectivity index (χ1n) is 5.44. The number of pyridine rings is 1. The van der Waals surface area contributed by atoms with E-state index in [1.165, 1.54) is 6.33 Å². The number of carbonyl (C=O) groups excluding carboxylic acids is 1. The number of aromatic nitrogens is 4. The lowest BCUT2D eigenvalue weighted by Gasteiger charge is -2.15. The van der Waals surface area contributed by atoms with Crippen LogP contribution in [0.2, 0.25) is 0 Å². The molecule has 0 spiro atoms. The minimum atomic E-state index is -0.0383. The molecule has 0 saturated heterocycles. The Balaban J connectivity index is 1.93. The van der Waals surface area contributed by atoms with E-state index in [9.17, 15) is 4.79 Å². The molecule has 7 nitrogen and oxygen atoms in total. The highest BCUT2D eigenvalue weighted by atomic mass is 16.2. The van der Waals surface area contributed by atoms with Crippen molar-refractivity contribution in [3.8, 4) is 0 Å². The lowest BCUT2D eigenvalue weighted by Crippen LogP contribution is -2.28. The van der Waals surface area contributed by atoms with Gasteiger partial charge < -0.3 is 10.6 Å². The molecule has 0 aliphatic rings. The Morgan fingerprint density at radius 1 is 1.44 bits per heavy atom. The monoisotopic (exact) mass is 246 g/mol. The third kappa shape index (κ3) is 3.03. The van der Waals surface area contributed by atoms with E-state index in [4.69, 9.17) is 5.73 Å². The van der Waals surface area contributed by atoms with Crippen LogP contribution in [0.4, 0.5) is 5.69 Å². The van der Waals surface area contributed by atoms with Gasteiger partial charge in [-0.1, -0.05) is 0 Å². The molecule has 2 aromatic rings. The Kier molecular flexibility index (Phi) is 3.52. The number of H-pyrrole nitrogens is 1. The van der Waals surface area contributed by atoms with Crippen molar-refractivity contribution in [1.82, 2.24) is 25.1 Å². The van der Waals surface area contributed by atoms with Crippen molar-refractivity contribution in [2.24, 2.45) is 0 Å². The van der Waals surface area contributed by atoms with Crippen molar-refractivity contribution in [2.45, 2.75) is 13.0 Å². The van der Waals surface area contributed by atoms with Crippen molar-refractivity contribution in [2.75, 3.05) is 12.8 Å². The molecule has 0 unspecified atom stereocenters. The Labute approximate surface area is 104 Å². The summed E-state index contributed by atoms with van der Waals surface area (Å²) >= 11 is 0. The molecule has 7 heteroatoms. The Morgan fingerprint density at radius 2 is 2.28 bits per heavy atom. The number of nitrogen functional groups attached to an aromatic ring is 1. The predicted octanol–water partition coefficient (Wildman–Crippen LogP) is -0.0170. The van der Waals surface area contributed by atoms with Crippen LogP contribution in [0.5, 0.6) is 0 Å². The van der Waals surface area contributed by atoms with E-state index in [-0.39, 0.29) is 12.3 Å². The molecule has 0 aliphatic carbocycles. The van der Waals surface area contributed by atoms with E-state index < -0.39 is 0 Å². The van der Waals surface area contributed by atoms with Crippen LogP contribution in [-0.4, -0.2) is 38.0 Å². The molecule has 2 rings (SSSR count). The molecule has 0 aromatic carbocycles. The molecule has 1 amide bonds. The van der Waals surface area contributed by atoms with Crippen molar-refractivity contribution in [3.63, 3.8) is 0 Å². The highest BCUT2D eigenvalue weighted by Crippen LogP contribution is 2.04. The zero-order valence-corrected chi connectivity index (χ0v) is 10.00. The molecule has 0 atom stereocenters. The summed E-state index contributed by atoms with van der Waals surface area (Å²) in [5, 5.41) is 6.44. The average Bonchev–Trinajstić information content (AvgIpc) is 2.85. The standard InChI is InChI=1S/C11H14N6O/c1-17(6-10-14-7-15-16-10)11(18)4-9-3-2-8(12)5-13-9/h2-3,5,7H,4,6,12H2,1H3,(H,14,15,16). The number of likely N-dealkylation sites (N-methyl/N-ethyl adjacent to an activating group) is 1. The van der Waals surface area contributed by atoms with Gasteiger partial charge in [0.2, 0.25) is 5.91 Å². The number of nitrogens with two attached hydrogens (primary N) is 1. The molecule has 2 aromatic heterocycles. The smallest absolute Gasteiger partial charge is 0.228 e. The third-order valence-electron chi connectivity index (χ3n) is 2.46. The van der Waals surface area contributed by atoms with E-state index in [2.05, 4.69) is 20.2 Å². The summed E-state index contributed by atoms with van der Waals surface area (Å²) in [6, 6.07) is 3.47. The average molecular weight is 246 g/mol. The Bertz CT molecular complexity index is 507. The number of anilines is 1. The van der Waals surface area contributed by atoms with Crippen LogP contribution in [0.1, 0.15) is 11.5 Å². The third-order valence-corrected chi connectivity index (χ3v) is 2.46. The second-order valence-electron chi connectivity index (χ2n) is 3.94. The number of rotatable bonds is 4. The van der Waals surface area contributed by atoms with Gasteiger partial charge in [0.1, 0.15) is 12.2 Å². The molecule has 18 heavy (non-hydrogen) atoms. The van der Waals surface area contributed by atoms with Gasteiger partial charge in [-0.05, 0) is 12.1 Å². The van der Waals surface area contributed by atoms with Crippen molar-refractivity contribution < 1.29 is 4.79 Å². The number of hydrogen-bond donors (Lipinski definition) is 2. The lowest BCUT2D eigenvalue weighted by atomic mass is 10.2. The fourth-order valence-corrected chi connectivity index (χ4v) is 1.45. The lowest BCUT2D eigenvalue weighted by molar-refractivity contribution is -0.129. The Morgan fingerprint density at radius 3 is 2.89 bits per heavy atom. The summed E-state index contributed by atoms with van der Waals surface area (Å²) in [5.41, 5.74) is 6.81. The van der Waals surface area contributed by atoms with Crippen LogP contribution in [0, 0.1) is 0 Å². The zero-order valence-electron chi connectivity index (χ0n) is 10.00. The summed E-state index contributed by atoms with van der Waals surface area (Å²) in [7, 11) is 1.71. The van der Waals surface area contributed by atoms with Gasteiger partial charge in [-0.15, -0.1) is 0 Å². The second kappa shape index (κ2) is 5.26. The quantitative estimate of drug-likeness (QED) is 0.789. The minimum absolute atomic E-state index is 0.0383. The molecule has 3 N–H and O–H groups in total. The second-order valence-corrected chi connectivity index (χ2v) is 3.94. The molecule has 0 bridgehead atoms. The van der Waals surface area contributed by atoms with E-state index >= 15 is 0 Å². The Hall–Kier alpha value is -2.44. The van der Waals surface area contributed by atoms with E-state index in [0.717, 1.165) is 0 Å². The highest BCUT2D eigenvalue weighted by Gasteiger charge is 2.12. The van der Waals surface area contributed by atoms with Crippen LogP contribution in [0.3, 0.4) is 0 Å². The first kappa shape index (κ1) is 12.0. The van der Waals surface area contributed by atoms with Gasteiger partial charge in [0, 0.05) is 12.7 Å². The van der Waals surface area contributed by atoms with Crippen LogP contribution in [0.15, 0.2) is 24.7 Å². The van der Waals surface area contributed by atoms with Crippen LogP contribution < -0.4 is 5.73 Å². The van der Waals surface area contributed by atoms with Gasteiger partial charge in [0.25, 0.3) is 0 Å². The van der Waals surface area contributed by atoms with E-state index in [1.807, 2.05) is 0 Å². The van der Waals surface area contributed by atoms with Gasteiger partial charge in [-0.2, -0.15) is 5.10 Å². The number of nitrogens with zero attached hydrogens (tertiary/aromatic N) is 4. The normalized spacial score (nSPS) is 10.3. The number of amides is 1. The van der Waals surface area contributed by atoms with Gasteiger partial charge in [-0.25, -0.2) is 4.98 Å². The first-order valence-corrected chi connectivity index (χ1v) is 5.44. The van der Waals surface area contributed by atoms with Gasteiger partial charge >= 0.3 is 0 Å². The minimum Gasteiger partial charge on any atom is -0.397 e. The summed E-state index contributed by atoms with van der Waals surface area (Å²) in [5.74, 6) is 0.611. The van der Waals surface area contributed by atoms with E-state index in [0.29, 0.717) is 23.8 Å². The predicted molar refractivity (Wildman–Crippen MR) is 65.2 cm³/mol. The number of hydrogen-bond acceptors (Lipinski definition) is 5. The van der Waals surface area contributed by atoms with E-state index in [1.54, 1.807) is 30.3 Å². The van der Waals surface area contributed by atoms with Crippen LogP contribution in [-0.2, 0) is 17.8 Å². The molecule has 0 aliphatic heterocycles. The molecule has 0 fully saturated rings. The summed E-state index contributed by atoms with van der Waals surface area (Å²) < 4.78 is 0. The SMILES string of the molecule is CN(Cc1ncn[nH]1)C(=O)Cc1ccc(N)cn1. The molecule has 94 valence electrons. The maximum Gasteiger partial charge on any atom is 0.228 e. The van der Waals surface area contributed by atoms with Gasteiger partial charge in [0.15, 0.2) is 0 Å². The molecule has 0 saturated carbocycles. The fraction of sp³-hybridized carbons (Fsp3) is 0.273. The van der Waals surface area contributed by atoms with Gasteiger partial charge in [-0.3, -0.25) is 14.9 Å². The van der Waals surface area contributed by atoms with Crippen LogP contribution >= 0.6 is 0 Å². The van der Waals surface area contributed by atoms with Crippen molar-refractivity contribution >= 4 is 11.6 Å². The molecular weight excluding hydrogens is 232 g/mol. The molecule has 0 radical (unpaired) electrons. The number of nitrogens with one attached hydrogen (secondary N) is 1. The van der Waals surface area contributed by atoms with Crippen LogP contribution in [0.25, 0.3) is 0 Å². The largest absolute Gasteiger partial charge is 0.397 e. The zero-order chi connectivity index (χ0) is 13.0. The highest BCUT2D eigenvalue weighted by molar-refractivity contribution is 5.78. The number of carbonyl (C=O) groups is 1. The summed E-state index contributed by atoms with van der Waals surface area (Å²) in [6.07, 6.45) is 3.19. The summed E-state index contributed by atoms with van der Waals surface area (Å²) in [4.78, 5) is 21.5. The topological polar surface area (TPSA) is 101 Å². The molecular formula is C11H14N6O. The maximum atomic E-state index is 11.9. The first-order chi connectivity index (χ1) is 8.65. The fourth-order valence-electron chi connectivity index (χ4n) is 1.45. The number of aromatic amines is 1. The maximum absolute atomic E-state index is 11.9.